The summed E-state index contributed by atoms with van der Waals surface area (Å²) in [6.45, 7) is 5.82. The summed E-state index contributed by atoms with van der Waals surface area (Å²) in [5.41, 5.74) is 1.94. The van der Waals surface area contributed by atoms with Crippen LogP contribution in [0.25, 0.3) is 5.69 Å². The Bertz CT molecular complexity index is 947. The van der Waals surface area contributed by atoms with Gasteiger partial charge in [0.1, 0.15) is 5.82 Å². The van der Waals surface area contributed by atoms with E-state index in [1.807, 2.05) is 66.2 Å². The van der Waals surface area contributed by atoms with Crippen LogP contribution in [0.15, 0.2) is 42.7 Å². The van der Waals surface area contributed by atoms with Crippen LogP contribution in [0.1, 0.15) is 28.4 Å². The maximum atomic E-state index is 13.1. The van der Waals surface area contributed by atoms with E-state index in [1.54, 1.807) is 0 Å². The summed E-state index contributed by atoms with van der Waals surface area (Å²) in [6, 6.07) is 9.66. The average Bonchev–Trinajstić information content (AvgIpc) is 3.20. The number of aryl methyl sites for hydroxylation is 2. The molecule has 0 saturated carbocycles. The lowest BCUT2D eigenvalue weighted by Gasteiger charge is -2.21. The molecule has 0 unspecified atom stereocenters. The molecule has 1 fully saturated rings. The summed E-state index contributed by atoms with van der Waals surface area (Å²) in [5, 5.41) is 8.90. The standard InChI is InChI=1S/C20H25N7O/c1-16-19(23-27(22-16)17-7-4-3-5-8-17)20(28)26-11-6-10-25(13-14-26)15-18-21-9-12-24(18)2/h3-5,7-9,12H,6,10-11,13-15H2,1-2H3. The Morgan fingerprint density at radius 2 is 1.89 bits per heavy atom. The van der Waals surface area contributed by atoms with E-state index in [-0.39, 0.29) is 5.91 Å². The monoisotopic (exact) mass is 379 g/mol. The van der Waals surface area contributed by atoms with Gasteiger partial charge in [0.05, 0.1) is 17.9 Å². The highest BCUT2D eigenvalue weighted by atomic mass is 16.2. The largest absolute Gasteiger partial charge is 0.337 e. The van der Waals surface area contributed by atoms with Gasteiger partial charge in [0.2, 0.25) is 0 Å². The number of para-hydroxylation sites is 1. The molecule has 0 bridgehead atoms. The van der Waals surface area contributed by atoms with E-state index in [2.05, 4.69) is 20.1 Å². The highest BCUT2D eigenvalue weighted by Crippen LogP contribution is 2.13. The first-order valence-corrected chi connectivity index (χ1v) is 9.59. The molecule has 1 aliphatic heterocycles. The molecule has 2 aromatic heterocycles. The van der Waals surface area contributed by atoms with E-state index in [9.17, 15) is 4.79 Å². The third-order valence-electron chi connectivity index (χ3n) is 5.13. The molecule has 0 radical (unpaired) electrons. The summed E-state index contributed by atoms with van der Waals surface area (Å²) in [5.74, 6) is 1.000. The minimum Gasteiger partial charge on any atom is -0.337 e. The van der Waals surface area contributed by atoms with Crippen LogP contribution in [0.2, 0.25) is 0 Å². The fourth-order valence-corrected chi connectivity index (χ4v) is 3.48. The van der Waals surface area contributed by atoms with Gasteiger partial charge in [0.15, 0.2) is 5.69 Å². The molecule has 4 rings (SSSR count). The Morgan fingerprint density at radius 3 is 2.64 bits per heavy atom. The second kappa shape index (κ2) is 7.93. The minimum atomic E-state index is -0.0430. The first kappa shape index (κ1) is 18.4. The van der Waals surface area contributed by atoms with E-state index < -0.39 is 0 Å². The molecule has 3 heterocycles. The van der Waals surface area contributed by atoms with Gasteiger partial charge in [0, 0.05) is 45.6 Å². The number of carbonyl (C=O) groups excluding carboxylic acids is 1. The molecule has 0 atom stereocenters. The molecule has 146 valence electrons. The number of aromatic nitrogens is 5. The van der Waals surface area contributed by atoms with Crippen LogP contribution in [0.4, 0.5) is 0 Å². The van der Waals surface area contributed by atoms with Crippen LogP contribution in [0.3, 0.4) is 0 Å². The summed E-state index contributed by atoms with van der Waals surface area (Å²) >= 11 is 0. The molecule has 28 heavy (non-hydrogen) atoms. The lowest BCUT2D eigenvalue weighted by Crippen LogP contribution is -2.35. The van der Waals surface area contributed by atoms with Gasteiger partial charge in [-0.2, -0.15) is 9.90 Å². The van der Waals surface area contributed by atoms with Gasteiger partial charge < -0.3 is 9.47 Å². The molecule has 8 nitrogen and oxygen atoms in total. The first-order valence-electron chi connectivity index (χ1n) is 9.59. The fourth-order valence-electron chi connectivity index (χ4n) is 3.48. The van der Waals surface area contributed by atoms with Gasteiger partial charge in [-0.25, -0.2) is 4.98 Å². The predicted octanol–water partition coefficient (Wildman–Crippen LogP) is 1.66. The average molecular weight is 379 g/mol. The number of hydrogen-bond donors (Lipinski definition) is 0. The summed E-state index contributed by atoms with van der Waals surface area (Å²) in [4.78, 5) is 23.3. The Hall–Kier alpha value is -3.00. The molecule has 0 spiro atoms. The number of hydrogen-bond acceptors (Lipinski definition) is 5. The topological polar surface area (TPSA) is 72.1 Å². The summed E-state index contributed by atoms with van der Waals surface area (Å²) < 4.78 is 2.04. The maximum Gasteiger partial charge on any atom is 0.276 e. The van der Waals surface area contributed by atoms with Crippen molar-refractivity contribution in [2.24, 2.45) is 7.05 Å². The van der Waals surface area contributed by atoms with Crippen LogP contribution in [0.5, 0.6) is 0 Å². The van der Waals surface area contributed by atoms with Gasteiger partial charge in [-0.05, 0) is 25.5 Å². The van der Waals surface area contributed by atoms with E-state index in [4.69, 9.17) is 0 Å². The number of nitrogens with zero attached hydrogens (tertiary/aromatic N) is 7. The maximum absolute atomic E-state index is 13.1. The number of benzene rings is 1. The van der Waals surface area contributed by atoms with Crippen molar-refractivity contribution < 1.29 is 4.79 Å². The van der Waals surface area contributed by atoms with Crippen LogP contribution in [-0.2, 0) is 13.6 Å². The van der Waals surface area contributed by atoms with Gasteiger partial charge in [-0.3, -0.25) is 9.69 Å². The molecule has 1 saturated heterocycles. The van der Waals surface area contributed by atoms with Crippen molar-refractivity contribution in [2.45, 2.75) is 19.9 Å². The third kappa shape index (κ3) is 3.82. The van der Waals surface area contributed by atoms with Gasteiger partial charge in [0.25, 0.3) is 5.91 Å². The molecule has 0 aliphatic carbocycles. The Morgan fingerprint density at radius 1 is 1.07 bits per heavy atom. The van der Waals surface area contributed by atoms with Crippen molar-refractivity contribution in [1.82, 2.24) is 34.3 Å². The fraction of sp³-hybridized carbons (Fsp3) is 0.400. The van der Waals surface area contributed by atoms with Crippen molar-refractivity contribution >= 4 is 5.91 Å². The normalized spacial score (nSPS) is 15.6. The van der Waals surface area contributed by atoms with Crippen molar-refractivity contribution in [1.29, 1.82) is 0 Å². The lowest BCUT2D eigenvalue weighted by atomic mass is 10.3. The van der Waals surface area contributed by atoms with Crippen LogP contribution >= 0.6 is 0 Å². The highest BCUT2D eigenvalue weighted by Gasteiger charge is 2.25. The first-order chi connectivity index (χ1) is 13.6. The van der Waals surface area contributed by atoms with Crippen molar-refractivity contribution in [3.63, 3.8) is 0 Å². The lowest BCUT2D eigenvalue weighted by molar-refractivity contribution is 0.0754. The quantitative estimate of drug-likeness (QED) is 0.689. The van der Waals surface area contributed by atoms with Crippen LogP contribution in [-0.4, -0.2) is 66.4 Å². The van der Waals surface area contributed by atoms with Gasteiger partial charge in [-0.1, -0.05) is 18.2 Å². The van der Waals surface area contributed by atoms with E-state index >= 15 is 0 Å². The predicted molar refractivity (Wildman–Crippen MR) is 105 cm³/mol. The molecule has 8 heteroatoms. The number of amides is 1. The molecule has 1 amide bonds. The van der Waals surface area contributed by atoms with Crippen LogP contribution < -0.4 is 0 Å². The Labute approximate surface area is 164 Å². The third-order valence-corrected chi connectivity index (χ3v) is 5.13. The highest BCUT2D eigenvalue weighted by molar-refractivity contribution is 5.93. The molecule has 1 aromatic carbocycles. The van der Waals surface area contributed by atoms with Gasteiger partial charge >= 0.3 is 0 Å². The number of carbonyl (C=O) groups is 1. The molecule has 3 aromatic rings. The molecule has 0 N–H and O–H groups in total. The zero-order chi connectivity index (χ0) is 19.5. The Kier molecular flexibility index (Phi) is 5.21. The minimum absolute atomic E-state index is 0.0430. The molecular weight excluding hydrogens is 354 g/mol. The van der Waals surface area contributed by atoms with Crippen molar-refractivity contribution in [3.8, 4) is 5.69 Å². The Balaban J connectivity index is 1.44. The summed E-state index contributed by atoms with van der Waals surface area (Å²) in [7, 11) is 2.01. The van der Waals surface area contributed by atoms with E-state index in [0.717, 1.165) is 44.1 Å². The number of imidazole rings is 1. The zero-order valence-corrected chi connectivity index (χ0v) is 16.3. The second-order valence-corrected chi connectivity index (χ2v) is 7.14. The van der Waals surface area contributed by atoms with E-state index in [1.165, 1.54) is 4.80 Å². The second-order valence-electron chi connectivity index (χ2n) is 7.14. The SMILES string of the molecule is Cc1nn(-c2ccccc2)nc1C(=O)N1CCCN(Cc2nccn2C)CC1. The van der Waals surface area contributed by atoms with Gasteiger partial charge in [-0.15, -0.1) is 5.10 Å². The van der Waals surface area contributed by atoms with Crippen LogP contribution in [0, 0.1) is 6.92 Å². The van der Waals surface area contributed by atoms with E-state index in [0.29, 0.717) is 17.9 Å². The number of rotatable bonds is 4. The van der Waals surface area contributed by atoms with Crippen molar-refractivity contribution in [3.05, 3.63) is 59.9 Å². The molecular formula is C20H25N7O. The zero-order valence-electron chi connectivity index (χ0n) is 16.3. The summed E-state index contributed by atoms with van der Waals surface area (Å²) in [6.07, 6.45) is 4.71. The smallest absolute Gasteiger partial charge is 0.276 e. The van der Waals surface area contributed by atoms with Crippen molar-refractivity contribution in [2.75, 3.05) is 26.2 Å². The molecule has 1 aliphatic rings.